The first-order valence-corrected chi connectivity index (χ1v) is 8.56. The minimum Gasteiger partial charge on any atom is -0.466 e. The lowest BCUT2D eigenvalue weighted by Gasteiger charge is -2.06. The van der Waals surface area contributed by atoms with E-state index in [1.54, 1.807) is 0 Å². The van der Waals surface area contributed by atoms with E-state index in [0.29, 0.717) is 39.1 Å². The van der Waals surface area contributed by atoms with Crippen molar-refractivity contribution < 1.29 is 33.3 Å². The minimum absolute atomic E-state index is 0.00610. The summed E-state index contributed by atoms with van der Waals surface area (Å²) < 4.78 is 19.6. The monoisotopic (exact) mass is 346 g/mol. The van der Waals surface area contributed by atoms with Crippen LogP contribution in [0.5, 0.6) is 0 Å². The molecule has 24 heavy (non-hydrogen) atoms. The highest BCUT2D eigenvalue weighted by atomic mass is 16.6. The van der Waals surface area contributed by atoms with Crippen molar-refractivity contribution in [1.82, 2.24) is 0 Å². The number of carbonyl (C=O) groups excluding carboxylic acids is 3. The molecule has 0 bridgehead atoms. The van der Waals surface area contributed by atoms with Gasteiger partial charge in [-0.25, -0.2) is 0 Å². The average molecular weight is 346 g/mol. The van der Waals surface area contributed by atoms with E-state index in [4.69, 9.17) is 18.9 Å². The molecule has 0 atom stereocenters. The Hall–Kier alpha value is -1.63. The fraction of sp³-hybridized carbons (Fsp3) is 0.824. The summed E-state index contributed by atoms with van der Waals surface area (Å²) in [6, 6.07) is 0. The summed E-state index contributed by atoms with van der Waals surface area (Å²) in [5.41, 5.74) is 0. The molecule has 140 valence electrons. The molecule has 0 N–H and O–H groups in total. The molecule has 0 heterocycles. The molecule has 0 aliphatic carbocycles. The summed E-state index contributed by atoms with van der Waals surface area (Å²) in [7, 11) is 1.51. The SMILES string of the molecule is CCCCOC(=O)CCCCCOC(=O)CCC(=O)OCCOC. The number of rotatable bonds is 15. The fourth-order valence-corrected chi connectivity index (χ4v) is 1.72. The van der Waals surface area contributed by atoms with Crippen molar-refractivity contribution in [3.05, 3.63) is 0 Å². The van der Waals surface area contributed by atoms with Crippen LogP contribution in [0.4, 0.5) is 0 Å². The molecule has 0 aromatic heterocycles. The van der Waals surface area contributed by atoms with Gasteiger partial charge >= 0.3 is 17.9 Å². The van der Waals surface area contributed by atoms with Crippen LogP contribution >= 0.6 is 0 Å². The molecule has 0 aromatic carbocycles. The van der Waals surface area contributed by atoms with Crippen molar-refractivity contribution in [2.45, 2.75) is 58.3 Å². The van der Waals surface area contributed by atoms with E-state index < -0.39 is 11.9 Å². The normalized spacial score (nSPS) is 10.2. The molecule has 0 radical (unpaired) electrons. The molecule has 0 spiro atoms. The molecule has 0 unspecified atom stereocenters. The molecule has 0 aliphatic rings. The first kappa shape index (κ1) is 22.4. The van der Waals surface area contributed by atoms with Gasteiger partial charge in [0.15, 0.2) is 0 Å². The van der Waals surface area contributed by atoms with Gasteiger partial charge in [0.1, 0.15) is 6.61 Å². The van der Waals surface area contributed by atoms with Crippen LogP contribution in [0.15, 0.2) is 0 Å². The Morgan fingerprint density at radius 3 is 1.75 bits per heavy atom. The first-order chi connectivity index (χ1) is 11.6. The Labute approximate surface area is 144 Å². The molecule has 0 fully saturated rings. The van der Waals surface area contributed by atoms with Crippen molar-refractivity contribution >= 4 is 17.9 Å². The van der Waals surface area contributed by atoms with Gasteiger partial charge in [0, 0.05) is 13.5 Å². The molecule has 0 saturated heterocycles. The van der Waals surface area contributed by atoms with Crippen molar-refractivity contribution in [1.29, 1.82) is 0 Å². The van der Waals surface area contributed by atoms with Crippen LogP contribution in [0, 0.1) is 0 Å². The van der Waals surface area contributed by atoms with E-state index in [0.717, 1.165) is 19.3 Å². The summed E-state index contributed by atoms with van der Waals surface area (Å²) in [6.45, 7) is 3.34. The summed E-state index contributed by atoms with van der Waals surface area (Å²) in [4.78, 5) is 34.0. The van der Waals surface area contributed by atoms with Gasteiger partial charge in [0.25, 0.3) is 0 Å². The van der Waals surface area contributed by atoms with E-state index in [1.165, 1.54) is 7.11 Å². The maximum absolute atomic E-state index is 11.4. The van der Waals surface area contributed by atoms with E-state index in [-0.39, 0.29) is 25.4 Å². The Balaban J connectivity index is 3.42. The third-order valence-electron chi connectivity index (χ3n) is 3.13. The second kappa shape index (κ2) is 16.2. The maximum Gasteiger partial charge on any atom is 0.306 e. The van der Waals surface area contributed by atoms with Crippen LogP contribution in [-0.4, -0.2) is 51.4 Å². The van der Waals surface area contributed by atoms with E-state index in [1.807, 2.05) is 6.92 Å². The van der Waals surface area contributed by atoms with Crippen LogP contribution in [0.3, 0.4) is 0 Å². The molecule has 0 aromatic rings. The van der Waals surface area contributed by atoms with Gasteiger partial charge < -0.3 is 18.9 Å². The largest absolute Gasteiger partial charge is 0.466 e. The zero-order valence-corrected chi connectivity index (χ0v) is 14.8. The van der Waals surface area contributed by atoms with Crippen LogP contribution < -0.4 is 0 Å². The topological polar surface area (TPSA) is 88.1 Å². The minimum atomic E-state index is -0.439. The van der Waals surface area contributed by atoms with E-state index >= 15 is 0 Å². The van der Waals surface area contributed by atoms with Crippen LogP contribution in [0.2, 0.25) is 0 Å². The Kier molecular flexibility index (Phi) is 15.1. The van der Waals surface area contributed by atoms with Gasteiger partial charge in [0.05, 0.1) is 32.7 Å². The Morgan fingerprint density at radius 1 is 0.625 bits per heavy atom. The number of hydrogen-bond acceptors (Lipinski definition) is 7. The molecule has 7 heteroatoms. The lowest BCUT2D eigenvalue weighted by Crippen LogP contribution is -2.13. The number of esters is 3. The van der Waals surface area contributed by atoms with Crippen molar-refractivity contribution in [2.24, 2.45) is 0 Å². The number of hydrogen-bond donors (Lipinski definition) is 0. The highest BCUT2D eigenvalue weighted by Gasteiger charge is 2.09. The lowest BCUT2D eigenvalue weighted by molar-refractivity contribution is -0.151. The zero-order chi connectivity index (χ0) is 18.0. The lowest BCUT2D eigenvalue weighted by atomic mass is 10.2. The second-order valence-corrected chi connectivity index (χ2v) is 5.32. The standard InChI is InChI=1S/C17H30O7/c1-3-4-11-22-15(18)8-6-5-7-12-23-16(19)9-10-17(20)24-14-13-21-2/h3-14H2,1-2H3. The summed E-state index contributed by atoms with van der Waals surface area (Å²) >= 11 is 0. The summed E-state index contributed by atoms with van der Waals surface area (Å²) in [5, 5.41) is 0. The van der Waals surface area contributed by atoms with Gasteiger partial charge in [-0.15, -0.1) is 0 Å². The Morgan fingerprint density at radius 2 is 1.17 bits per heavy atom. The fourth-order valence-electron chi connectivity index (χ4n) is 1.72. The second-order valence-electron chi connectivity index (χ2n) is 5.32. The molecular weight excluding hydrogens is 316 g/mol. The van der Waals surface area contributed by atoms with Crippen LogP contribution in [0.1, 0.15) is 58.3 Å². The van der Waals surface area contributed by atoms with Crippen LogP contribution in [0.25, 0.3) is 0 Å². The van der Waals surface area contributed by atoms with Crippen LogP contribution in [-0.2, 0) is 33.3 Å². The van der Waals surface area contributed by atoms with Gasteiger partial charge in [-0.05, 0) is 25.7 Å². The predicted molar refractivity (Wildman–Crippen MR) is 87.4 cm³/mol. The molecular formula is C17H30O7. The van der Waals surface area contributed by atoms with E-state index in [2.05, 4.69) is 0 Å². The van der Waals surface area contributed by atoms with Crippen molar-refractivity contribution in [3.63, 3.8) is 0 Å². The Bertz CT molecular complexity index is 355. The molecule has 0 rings (SSSR count). The highest BCUT2D eigenvalue weighted by Crippen LogP contribution is 2.04. The third-order valence-corrected chi connectivity index (χ3v) is 3.13. The smallest absolute Gasteiger partial charge is 0.306 e. The van der Waals surface area contributed by atoms with E-state index in [9.17, 15) is 14.4 Å². The van der Waals surface area contributed by atoms with Crippen molar-refractivity contribution in [3.8, 4) is 0 Å². The van der Waals surface area contributed by atoms with Gasteiger partial charge in [-0.3, -0.25) is 14.4 Å². The van der Waals surface area contributed by atoms with Gasteiger partial charge in [-0.2, -0.15) is 0 Å². The zero-order valence-electron chi connectivity index (χ0n) is 14.8. The van der Waals surface area contributed by atoms with Crippen molar-refractivity contribution in [2.75, 3.05) is 33.5 Å². The molecule has 7 nitrogen and oxygen atoms in total. The van der Waals surface area contributed by atoms with Gasteiger partial charge in [0.2, 0.25) is 0 Å². The number of unbranched alkanes of at least 4 members (excludes halogenated alkanes) is 3. The summed E-state index contributed by atoms with van der Waals surface area (Å²) in [5.74, 6) is -1.03. The molecule has 0 aliphatic heterocycles. The third kappa shape index (κ3) is 15.3. The first-order valence-electron chi connectivity index (χ1n) is 8.56. The number of methoxy groups -OCH3 is 1. The highest BCUT2D eigenvalue weighted by molar-refractivity contribution is 5.77. The quantitative estimate of drug-likeness (QED) is 0.255. The molecule has 0 saturated carbocycles. The van der Waals surface area contributed by atoms with Gasteiger partial charge in [-0.1, -0.05) is 13.3 Å². The summed E-state index contributed by atoms with van der Waals surface area (Å²) in [6.07, 6.45) is 4.49. The number of ether oxygens (including phenoxy) is 4. The maximum atomic E-state index is 11.4. The predicted octanol–water partition coefficient (Wildman–Crippen LogP) is 2.40. The number of carbonyl (C=O) groups is 3. The average Bonchev–Trinajstić information content (AvgIpc) is 2.56. The molecule has 0 amide bonds.